The van der Waals surface area contributed by atoms with Crippen molar-refractivity contribution < 1.29 is 18.7 Å². The van der Waals surface area contributed by atoms with Gasteiger partial charge >= 0.3 is 6.09 Å². The molecule has 0 bridgehead atoms. The Morgan fingerprint density at radius 3 is 2.43 bits per heavy atom. The van der Waals surface area contributed by atoms with Crippen LogP contribution >= 0.6 is 0 Å². The van der Waals surface area contributed by atoms with Crippen LogP contribution in [0.1, 0.15) is 32.4 Å². The smallest absolute Gasteiger partial charge is 0.412 e. The summed E-state index contributed by atoms with van der Waals surface area (Å²) in [4.78, 5) is 25.0. The van der Waals surface area contributed by atoms with Crippen molar-refractivity contribution in [2.45, 2.75) is 32.4 Å². The Bertz CT molecular complexity index is 1010. The maximum Gasteiger partial charge on any atom is 0.412 e. The first-order valence-corrected chi connectivity index (χ1v) is 9.37. The molecule has 30 heavy (non-hydrogen) atoms. The molecule has 2 N–H and O–H groups in total. The number of nitrogens with zero attached hydrogens (tertiary/aromatic N) is 2. The molecule has 3 rings (SSSR count). The molecule has 0 saturated carbocycles. The summed E-state index contributed by atoms with van der Waals surface area (Å²) < 4.78 is 20.8. The molecule has 0 spiro atoms. The molecule has 1 heterocycles. The summed E-state index contributed by atoms with van der Waals surface area (Å²) in [5.41, 5.74) is 0.241. The van der Waals surface area contributed by atoms with E-state index >= 15 is 0 Å². The highest BCUT2D eigenvalue weighted by Crippen LogP contribution is 2.24. The van der Waals surface area contributed by atoms with Gasteiger partial charge in [-0.15, -0.1) is 0 Å². The Hall–Kier alpha value is -3.68. The minimum atomic E-state index is -0.788. The van der Waals surface area contributed by atoms with E-state index in [0.717, 1.165) is 11.6 Å². The lowest BCUT2D eigenvalue weighted by Gasteiger charge is -2.20. The fourth-order valence-electron chi connectivity index (χ4n) is 2.82. The number of aromatic nitrogens is 2. The van der Waals surface area contributed by atoms with E-state index in [1.807, 2.05) is 30.3 Å². The molecule has 1 atom stereocenters. The molecule has 2 aromatic carbocycles. The molecule has 8 heteroatoms. The summed E-state index contributed by atoms with van der Waals surface area (Å²) in [5, 5.41) is 9.31. The molecule has 1 unspecified atom stereocenters. The maximum atomic E-state index is 14.2. The highest BCUT2D eigenvalue weighted by atomic mass is 19.1. The molecule has 3 aromatic rings. The number of rotatable bonds is 5. The highest BCUT2D eigenvalue weighted by Gasteiger charge is 2.23. The Labute approximate surface area is 173 Å². The Balaban J connectivity index is 1.81. The molecular weight excluding hydrogens is 387 g/mol. The molecule has 0 aliphatic rings. The number of nitrogens with one attached hydrogen (secondary N) is 2. The third-order valence-electron chi connectivity index (χ3n) is 4.02. The van der Waals surface area contributed by atoms with Gasteiger partial charge in [-0.3, -0.25) is 14.8 Å². The summed E-state index contributed by atoms with van der Waals surface area (Å²) >= 11 is 0. The van der Waals surface area contributed by atoms with Crippen LogP contribution < -0.4 is 10.6 Å². The van der Waals surface area contributed by atoms with E-state index < -0.39 is 23.6 Å². The fourth-order valence-corrected chi connectivity index (χ4v) is 2.82. The summed E-state index contributed by atoms with van der Waals surface area (Å²) in [6, 6.07) is 14.1. The van der Waals surface area contributed by atoms with Crippen LogP contribution in [0.2, 0.25) is 0 Å². The number of carbonyl (C=O) groups is 2. The Morgan fingerprint density at radius 1 is 1.07 bits per heavy atom. The second kappa shape index (κ2) is 8.77. The summed E-state index contributed by atoms with van der Waals surface area (Å²) in [7, 11) is 0. The van der Waals surface area contributed by atoms with Crippen LogP contribution in [0.4, 0.5) is 20.6 Å². The van der Waals surface area contributed by atoms with E-state index in [9.17, 15) is 14.0 Å². The van der Waals surface area contributed by atoms with E-state index in [1.54, 1.807) is 39.2 Å². The van der Waals surface area contributed by atoms with Gasteiger partial charge < -0.3 is 10.1 Å². The van der Waals surface area contributed by atoms with Crippen LogP contribution in [-0.2, 0) is 9.53 Å². The number of halogens is 1. The monoisotopic (exact) mass is 410 g/mol. The molecule has 0 aliphatic carbocycles. The molecule has 0 aliphatic heterocycles. The molecule has 0 fully saturated rings. The number of hydrogen-bond acceptors (Lipinski definition) is 4. The first-order valence-electron chi connectivity index (χ1n) is 9.37. The van der Waals surface area contributed by atoms with Gasteiger partial charge in [0.25, 0.3) is 5.91 Å². The van der Waals surface area contributed by atoms with Crippen molar-refractivity contribution in [1.29, 1.82) is 0 Å². The lowest BCUT2D eigenvalue weighted by molar-refractivity contribution is -0.118. The van der Waals surface area contributed by atoms with Gasteiger partial charge in [-0.05, 0) is 50.6 Å². The topological polar surface area (TPSA) is 85.3 Å². The van der Waals surface area contributed by atoms with Gasteiger partial charge in [0, 0.05) is 18.1 Å². The van der Waals surface area contributed by atoms with Crippen LogP contribution in [0.3, 0.4) is 0 Å². The quantitative estimate of drug-likeness (QED) is 0.644. The van der Waals surface area contributed by atoms with E-state index in [2.05, 4.69) is 15.7 Å². The summed E-state index contributed by atoms with van der Waals surface area (Å²) in [5.74, 6) is -1.01. The molecule has 0 saturated heterocycles. The lowest BCUT2D eigenvalue weighted by Crippen LogP contribution is -2.28. The zero-order valence-corrected chi connectivity index (χ0v) is 16.9. The zero-order chi connectivity index (χ0) is 21.7. The highest BCUT2D eigenvalue weighted by molar-refractivity contribution is 5.96. The number of amides is 2. The second-order valence-electron chi connectivity index (χ2n) is 7.61. The van der Waals surface area contributed by atoms with Gasteiger partial charge in [0.2, 0.25) is 0 Å². The van der Waals surface area contributed by atoms with Crippen molar-refractivity contribution in [3.63, 3.8) is 0 Å². The van der Waals surface area contributed by atoms with Crippen molar-refractivity contribution >= 4 is 23.4 Å². The molecule has 156 valence electrons. The number of hydrogen-bond donors (Lipinski definition) is 2. The maximum absolute atomic E-state index is 14.2. The molecule has 0 radical (unpaired) electrons. The normalized spacial score (nSPS) is 12.1. The lowest BCUT2D eigenvalue weighted by atomic mass is 10.1. The molecule has 7 nitrogen and oxygen atoms in total. The Morgan fingerprint density at radius 2 is 1.80 bits per heavy atom. The first kappa shape index (κ1) is 21.0. The number of benzene rings is 2. The zero-order valence-electron chi connectivity index (χ0n) is 16.9. The minimum absolute atomic E-state index is 0.0996. The number of ether oxygens (including phenoxy) is 1. The first-order chi connectivity index (χ1) is 14.2. The second-order valence-corrected chi connectivity index (χ2v) is 7.61. The average molecular weight is 410 g/mol. The van der Waals surface area contributed by atoms with Gasteiger partial charge in [-0.2, -0.15) is 5.10 Å². The van der Waals surface area contributed by atoms with Gasteiger partial charge in [0.15, 0.2) is 6.04 Å². The fraction of sp³-hybridized carbons (Fsp3) is 0.227. The van der Waals surface area contributed by atoms with Crippen LogP contribution in [-0.4, -0.2) is 27.4 Å². The predicted molar refractivity (Wildman–Crippen MR) is 112 cm³/mol. The SMILES string of the molecule is CC(C)(C)OC(=O)Nc1cc(NC(=O)C(c2ccccc2)n2cccn2)ccc1F. The van der Waals surface area contributed by atoms with Gasteiger partial charge in [-0.25, -0.2) is 9.18 Å². The summed E-state index contributed by atoms with van der Waals surface area (Å²) in [6.45, 7) is 5.12. The number of carbonyl (C=O) groups excluding carboxylic acids is 2. The molecule has 1 aromatic heterocycles. The van der Waals surface area contributed by atoms with E-state index in [0.29, 0.717) is 5.69 Å². The molecular formula is C22H23FN4O3. The third kappa shape index (κ3) is 5.44. The Kier molecular flexibility index (Phi) is 6.15. The minimum Gasteiger partial charge on any atom is -0.444 e. The summed E-state index contributed by atoms with van der Waals surface area (Å²) in [6.07, 6.45) is 2.49. The number of anilines is 2. The van der Waals surface area contributed by atoms with Crippen molar-refractivity contribution in [2.24, 2.45) is 0 Å². The third-order valence-corrected chi connectivity index (χ3v) is 4.02. The van der Waals surface area contributed by atoms with Crippen LogP contribution in [0, 0.1) is 5.82 Å². The van der Waals surface area contributed by atoms with Crippen molar-refractivity contribution in [1.82, 2.24) is 9.78 Å². The van der Waals surface area contributed by atoms with E-state index in [4.69, 9.17) is 4.74 Å². The average Bonchev–Trinajstić information content (AvgIpc) is 3.18. The standard InChI is InChI=1S/C22H23FN4O3/c1-22(2,3)30-21(29)26-18-14-16(10-11-17(18)23)25-20(28)19(27-13-7-12-24-27)15-8-5-4-6-9-15/h4-14,19H,1-3H3,(H,25,28)(H,26,29). The molecule has 2 amide bonds. The van der Waals surface area contributed by atoms with Crippen molar-refractivity contribution in [3.05, 3.63) is 78.4 Å². The van der Waals surface area contributed by atoms with Crippen molar-refractivity contribution in [2.75, 3.05) is 10.6 Å². The van der Waals surface area contributed by atoms with Gasteiger partial charge in [-0.1, -0.05) is 30.3 Å². The van der Waals surface area contributed by atoms with Crippen LogP contribution in [0.15, 0.2) is 67.0 Å². The van der Waals surface area contributed by atoms with Gasteiger partial charge in [0.05, 0.1) is 5.69 Å². The predicted octanol–water partition coefficient (Wildman–Crippen LogP) is 4.60. The van der Waals surface area contributed by atoms with E-state index in [1.165, 1.54) is 16.8 Å². The van der Waals surface area contributed by atoms with Gasteiger partial charge in [0.1, 0.15) is 11.4 Å². The van der Waals surface area contributed by atoms with Crippen molar-refractivity contribution in [3.8, 4) is 0 Å². The van der Waals surface area contributed by atoms with Crippen LogP contribution in [0.5, 0.6) is 0 Å². The van der Waals surface area contributed by atoms with Crippen LogP contribution in [0.25, 0.3) is 0 Å². The largest absolute Gasteiger partial charge is 0.444 e. The van der Waals surface area contributed by atoms with E-state index in [-0.39, 0.29) is 11.6 Å².